The summed E-state index contributed by atoms with van der Waals surface area (Å²) >= 11 is 5.71. The zero-order valence-corrected chi connectivity index (χ0v) is 11.4. The molecule has 0 N–H and O–H groups in total. The van der Waals surface area contributed by atoms with Gasteiger partial charge in [0, 0.05) is 0 Å². The van der Waals surface area contributed by atoms with Gasteiger partial charge in [0.25, 0.3) is 0 Å². The van der Waals surface area contributed by atoms with Crippen LogP contribution >= 0.6 is 11.6 Å². The Labute approximate surface area is 119 Å². The molecule has 1 aromatic carbocycles. The summed E-state index contributed by atoms with van der Waals surface area (Å²) in [6.45, 7) is 0. The Kier molecular flexibility index (Phi) is 4.31. The van der Waals surface area contributed by atoms with E-state index in [1.807, 2.05) is 0 Å². The largest absolute Gasteiger partial charge is 0.467 e. The van der Waals surface area contributed by atoms with Gasteiger partial charge in [0.15, 0.2) is 0 Å². The van der Waals surface area contributed by atoms with Gasteiger partial charge in [-0.1, -0.05) is 12.1 Å². The second-order valence-electron chi connectivity index (χ2n) is 3.46. The second-order valence-corrected chi connectivity index (χ2v) is 3.80. The first-order chi connectivity index (χ1) is 9.63. The molecular formula is C12H10ClN3O4. The Hall–Kier alpha value is -2.41. The molecule has 0 amide bonds. The second kappa shape index (κ2) is 6.16. The molecule has 0 bridgehead atoms. The van der Waals surface area contributed by atoms with Crippen LogP contribution in [0.2, 0.25) is 5.28 Å². The van der Waals surface area contributed by atoms with Gasteiger partial charge in [-0.3, -0.25) is 0 Å². The highest BCUT2D eigenvalue weighted by atomic mass is 35.5. The summed E-state index contributed by atoms with van der Waals surface area (Å²) in [4.78, 5) is 23.0. The number of nitrogens with zero attached hydrogens (tertiary/aromatic N) is 3. The van der Waals surface area contributed by atoms with Crippen molar-refractivity contribution in [2.24, 2.45) is 0 Å². The number of methoxy groups -OCH3 is 2. The summed E-state index contributed by atoms with van der Waals surface area (Å²) in [5, 5.41) is -0.0811. The minimum absolute atomic E-state index is 0.00977. The van der Waals surface area contributed by atoms with Crippen LogP contribution in [0.3, 0.4) is 0 Å². The summed E-state index contributed by atoms with van der Waals surface area (Å²) in [5.41, 5.74) is 0.241. The molecule has 1 aromatic heterocycles. The van der Waals surface area contributed by atoms with Gasteiger partial charge in [0.2, 0.25) is 5.28 Å². The van der Waals surface area contributed by atoms with Gasteiger partial charge >= 0.3 is 18.0 Å². The lowest BCUT2D eigenvalue weighted by Gasteiger charge is -2.08. The lowest BCUT2D eigenvalue weighted by Crippen LogP contribution is -2.05. The molecule has 2 rings (SSSR count). The maximum Gasteiger partial charge on any atom is 0.341 e. The molecule has 7 nitrogen and oxygen atoms in total. The predicted molar refractivity (Wildman–Crippen MR) is 69.2 cm³/mol. The predicted octanol–water partition coefficient (Wildman–Crippen LogP) is 2.11. The van der Waals surface area contributed by atoms with Gasteiger partial charge in [-0.05, 0) is 23.7 Å². The molecule has 0 unspecified atom stereocenters. The molecule has 104 valence electrons. The molecule has 8 heteroatoms. The molecule has 0 aliphatic carbocycles. The van der Waals surface area contributed by atoms with Gasteiger partial charge in [-0.2, -0.15) is 9.97 Å². The van der Waals surface area contributed by atoms with Crippen LogP contribution < -0.4 is 9.47 Å². The summed E-state index contributed by atoms with van der Waals surface area (Å²) in [6.07, 6.45) is 0. The number of para-hydroxylation sites is 1. The summed E-state index contributed by atoms with van der Waals surface area (Å²) in [7, 11) is 2.67. The number of hydrogen-bond acceptors (Lipinski definition) is 7. The van der Waals surface area contributed by atoms with Crippen LogP contribution in [0.25, 0.3) is 0 Å². The number of benzene rings is 1. The van der Waals surface area contributed by atoms with E-state index in [1.165, 1.54) is 14.2 Å². The van der Waals surface area contributed by atoms with Crippen LogP contribution in [0.5, 0.6) is 17.8 Å². The first-order valence-electron chi connectivity index (χ1n) is 5.45. The topological polar surface area (TPSA) is 83.4 Å². The fourth-order valence-electron chi connectivity index (χ4n) is 1.38. The van der Waals surface area contributed by atoms with E-state index < -0.39 is 5.97 Å². The van der Waals surface area contributed by atoms with Crippen LogP contribution in [0.4, 0.5) is 0 Å². The number of rotatable bonds is 4. The number of ether oxygens (including phenoxy) is 3. The van der Waals surface area contributed by atoms with Crippen molar-refractivity contribution in [1.82, 2.24) is 15.0 Å². The van der Waals surface area contributed by atoms with Crippen molar-refractivity contribution in [2.75, 3.05) is 14.2 Å². The molecule has 0 aliphatic heterocycles. The molecule has 1 heterocycles. The van der Waals surface area contributed by atoms with E-state index in [0.717, 1.165) is 0 Å². The van der Waals surface area contributed by atoms with Gasteiger partial charge < -0.3 is 14.2 Å². The maximum atomic E-state index is 11.6. The lowest BCUT2D eigenvalue weighted by atomic mass is 10.2. The molecule has 2 aromatic rings. The Bertz CT molecular complexity index is 636. The molecule has 0 aliphatic rings. The standard InChI is InChI=1S/C12H10ClN3O4/c1-18-9(17)7-5-3-4-6-8(7)20-12-15-10(13)14-11(16-12)19-2/h3-6H,1-2H3. The number of halogens is 1. The summed E-state index contributed by atoms with van der Waals surface area (Å²) in [5.74, 6) is -0.295. The van der Waals surface area contributed by atoms with Gasteiger partial charge in [0.05, 0.1) is 14.2 Å². The van der Waals surface area contributed by atoms with E-state index in [9.17, 15) is 4.79 Å². The molecule has 0 atom stereocenters. The Morgan fingerprint density at radius 1 is 1.10 bits per heavy atom. The van der Waals surface area contributed by atoms with Crippen molar-refractivity contribution < 1.29 is 19.0 Å². The highest BCUT2D eigenvalue weighted by Gasteiger charge is 2.15. The minimum atomic E-state index is -0.535. The van der Waals surface area contributed by atoms with Crippen molar-refractivity contribution in [3.8, 4) is 17.8 Å². The van der Waals surface area contributed by atoms with Crippen molar-refractivity contribution in [3.63, 3.8) is 0 Å². The number of hydrogen-bond donors (Lipinski definition) is 0. The Morgan fingerprint density at radius 3 is 2.50 bits per heavy atom. The Morgan fingerprint density at radius 2 is 1.80 bits per heavy atom. The summed E-state index contributed by atoms with van der Waals surface area (Å²) in [6, 6.07) is 6.44. The number of carbonyl (C=O) groups is 1. The molecule has 0 saturated heterocycles. The third-order valence-electron chi connectivity index (χ3n) is 2.24. The first kappa shape index (κ1) is 14.0. The average Bonchev–Trinajstić information content (AvgIpc) is 2.46. The minimum Gasteiger partial charge on any atom is -0.467 e. The fraction of sp³-hybridized carbons (Fsp3) is 0.167. The van der Waals surface area contributed by atoms with Crippen molar-refractivity contribution in [2.45, 2.75) is 0 Å². The monoisotopic (exact) mass is 295 g/mol. The zero-order valence-electron chi connectivity index (χ0n) is 10.7. The normalized spacial score (nSPS) is 9.95. The maximum absolute atomic E-state index is 11.6. The van der Waals surface area contributed by atoms with Crippen LogP contribution in [-0.4, -0.2) is 35.1 Å². The third kappa shape index (κ3) is 3.12. The third-order valence-corrected chi connectivity index (χ3v) is 2.41. The smallest absolute Gasteiger partial charge is 0.341 e. The van der Waals surface area contributed by atoms with E-state index >= 15 is 0 Å². The van der Waals surface area contributed by atoms with E-state index in [1.54, 1.807) is 24.3 Å². The van der Waals surface area contributed by atoms with Crippen LogP contribution in [-0.2, 0) is 4.74 Å². The number of aromatic nitrogens is 3. The van der Waals surface area contributed by atoms with E-state index in [4.69, 9.17) is 21.1 Å². The van der Waals surface area contributed by atoms with Gasteiger partial charge in [-0.15, -0.1) is 4.98 Å². The first-order valence-corrected chi connectivity index (χ1v) is 5.82. The van der Waals surface area contributed by atoms with Crippen molar-refractivity contribution in [1.29, 1.82) is 0 Å². The molecule has 0 saturated carbocycles. The van der Waals surface area contributed by atoms with Gasteiger partial charge in [0.1, 0.15) is 11.3 Å². The molecular weight excluding hydrogens is 286 g/mol. The van der Waals surface area contributed by atoms with E-state index in [-0.39, 0.29) is 28.6 Å². The van der Waals surface area contributed by atoms with E-state index in [0.29, 0.717) is 0 Å². The number of esters is 1. The fourth-order valence-corrected chi connectivity index (χ4v) is 1.53. The van der Waals surface area contributed by atoms with Crippen LogP contribution in [0.1, 0.15) is 10.4 Å². The van der Waals surface area contributed by atoms with Crippen molar-refractivity contribution in [3.05, 3.63) is 35.1 Å². The molecule has 0 radical (unpaired) electrons. The average molecular weight is 296 g/mol. The highest BCUT2D eigenvalue weighted by Crippen LogP contribution is 2.24. The highest BCUT2D eigenvalue weighted by molar-refractivity contribution is 6.28. The molecule has 0 fully saturated rings. The summed E-state index contributed by atoms with van der Waals surface area (Å²) < 4.78 is 14.9. The van der Waals surface area contributed by atoms with Gasteiger partial charge in [-0.25, -0.2) is 4.79 Å². The zero-order chi connectivity index (χ0) is 14.5. The van der Waals surface area contributed by atoms with E-state index in [2.05, 4.69) is 19.7 Å². The SMILES string of the molecule is COC(=O)c1ccccc1Oc1nc(Cl)nc(OC)n1. The van der Waals surface area contributed by atoms with Crippen LogP contribution in [0.15, 0.2) is 24.3 Å². The molecule has 0 spiro atoms. The Balaban J connectivity index is 2.35. The molecule has 20 heavy (non-hydrogen) atoms. The quantitative estimate of drug-likeness (QED) is 0.799. The number of carbonyl (C=O) groups excluding carboxylic acids is 1. The van der Waals surface area contributed by atoms with Crippen LogP contribution in [0, 0.1) is 0 Å². The van der Waals surface area contributed by atoms with Crippen molar-refractivity contribution >= 4 is 17.6 Å². The lowest BCUT2D eigenvalue weighted by molar-refractivity contribution is 0.0598.